The lowest BCUT2D eigenvalue weighted by atomic mass is 9.74. The molecule has 1 fully saturated rings. The largest absolute Gasteiger partial charge is 0.306 e. The lowest BCUT2D eigenvalue weighted by Gasteiger charge is -2.30. The van der Waals surface area contributed by atoms with Crippen molar-refractivity contribution in [1.29, 1.82) is 0 Å². The third kappa shape index (κ3) is 4.86. The van der Waals surface area contributed by atoms with Gasteiger partial charge in [-0.15, -0.1) is 0 Å². The fourth-order valence-corrected chi connectivity index (χ4v) is 3.21. The zero-order chi connectivity index (χ0) is 12.6. The monoisotopic (exact) mass is 225 g/mol. The van der Waals surface area contributed by atoms with Gasteiger partial charge in [-0.05, 0) is 42.6 Å². The molecule has 1 saturated heterocycles. The van der Waals surface area contributed by atoms with Gasteiger partial charge in [0.1, 0.15) is 0 Å². The highest BCUT2D eigenvalue weighted by molar-refractivity contribution is 4.87. The predicted octanol–water partition coefficient (Wildman–Crippen LogP) is 4.04. The Morgan fingerprint density at radius 2 is 1.12 bits per heavy atom. The Hall–Kier alpha value is -0.0400. The van der Waals surface area contributed by atoms with Crippen molar-refractivity contribution in [2.24, 2.45) is 22.7 Å². The summed E-state index contributed by atoms with van der Waals surface area (Å²) < 4.78 is 0. The SMILES string of the molecule is CN1CC(CC(C)(C)C)C(CC(C)(C)C)C1. The van der Waals surface area contributed by atoms with Gasteiger partial charge in [0.2, 0.25) is 0 Å². The summed E-state index contributed by atoms with van der Waals surface area (Å²) in [6.07, 6.45) is 2.75. The maximum absolute atomic E-state index is 2.52. The average molecular weight is 225 g/mol. The normalized spacial score (nSPS) is 28.7. The molecule has 0 saturated carbocycles. The van der Waals surface area contributed by atoms with Gasteiger partial charge in [-0.2, -0.15) is 0 Å². The van der Waals surface area contributed by atoms with Crippen LogP contribution in [0.3, 0.4) is 0 Å². The molecule has 96 valence electrons. The predicted molar refractivity (Wildman–Crippen MR) is 72.6 cm³/mol. The Morgan fingerprint density at radius 3 is 1.38 bits per heavy atom. The molecule has 2 unspecified atom stereocenters. The third-order valence-electron chi connectivity index (χ3n) is 3.51. The molecular weight excluding hydrogens is 194 g/mol. The fourth-order valence-electron chi connectivity index (χ4n) is 3.21. The fraction of sp³-hybridized carbons (Fsp3) is 1.00. The van der Waals surface area contributed by atoms with Crippen LogP contribution >= 0.6 is 0 Å². The van der Waals surface area contributed by atoms with Crippen LogP contribution in [-0.2, 0) is 0 Å². The minimum atomic E-state index is 0.478. The summed E-state index contributed by atoms with van der Waals surface area (Å²) in [5.41, 5.74) is 0.956. The van der Waals surface area contributed by atoms with Gasteiger partial charge in [0.05, 0.1) is 0 Å². The minimum Gasteiger partial charge on any atom is -0.306 e. The van der Waals surface area contributed by atoms with E-state index in [1.54, 1.807) is 0 Å². The van der Waals surface area contributed by atoms with Crippen LogP contribution in [0, 0.1) is 22.7 Å². The number of rotatable bonds is 2. The molecule has 0 aromatic heterocycles. The van der Waals surface area contributed by atoms with Gasteiger partial charge in [-0.3, -0.25) is 0 Å². The first-order valence-corrected chi connectivity index (χ1v) is 6.75. The summed E-state index contributed by atoms with van der Waals surface area (Å²) in [5.74, 6) is 1.81. The highest BCUT2D eigenvalue weighted by Gasteiger charge is 2.35. The van der Waals surface area contributed by atoms with Crippen molar-refractivity contribution in [3.05, 3.63) is 0 Å². The van der Waals surface area contributed by atoms with Gasteiger partial charge < -0.3 is 4.90 Å². The molecule has 2 atom stereocenters. The van der Waals surface area contributed by atoms with E-state index in [0.717, 1.165) is 11.8 Å². The van der Waals surface area contributed by atoms with E-state index >= 15 is 0 Å². The Labute approximate surface area is 103 Å². The smallest absolute Gasteiger partial charge is 0.00101 e. The second-order valence-electron chi connectivity index (χ2n) is 8.27. The van der Waals surface area contributed by atoms with Crippen molar-refractivity contribution >= 4 is 0 Å². The maximum Gasteiger partial charge on any atom is 0.00101 e. The summed E-state index contributed by atoms with van der Waals surface area (Å²) in [7, 11) is 2.28. The molecule has 0 aromatic rings. The molecule has 0 N–H and O–H groups in total. The summed E-state index contributed by atoms with van der Waals surface area (Å²) in [5, 5.41) is 0. The zero-order valence-corrected chi connectivity index (χ0v) is 12.4. The number of hydrogen-bond acceptors (Lipinski definition) is 1. The van der Waals surface area contributed by atoms with Crippen LogP contribution in [0.15, 0.2) is 0 Å². The molecule has 0 aliphatic carbocycles. The van der Waals surface area contributed by atoms with E-state index in [9.17, 15) is 0 Å². The first-order valence-electron chi connectivity index (χ1n) is 6.75. The third-order valence-corrected chi connectivity index (χ3v) is 3.51. The van der Waals surface area contributed by atoms with Gasteiger partial charge in [-0.1, -0.05) is 41.5 Å². The molecule has 1 heterocycles. The van der Waals surface area contributed by atoms with Crippen LogP contribution in [-0.4, -0.2) is 25.0 Å². The molecule has 0 bridgehead atoms. The van der Waals surface area contributed by atoms with Crippen LogP contribution in [0.5, 0.6) is 0 Å². The van der Waals surface area contributed by atoms with Crippen molar-refractivity contribution in [2.45, 2.75) is 54.4 Å². The van der Waals surface area contributed by atoms with Gasteiger partial charge in [0, 0.05) is 13.1 Å². The standard InChI is InChI=1S/C15H31N/c1-14(2,3)8-12-10-16(7)11-13(12)9-15(4,5)6/h12-13H,8-11H2,1-7H3. The van der Waals surface area contributed by atoms with Crippen molar-refractivity contribution in [1.82, 2.24) is 4.90 Å². The van der Waals surface area contributed by atoms with Crippen molar-refractivity contribution < 1.29 is 0 Å². The number of hydrogen-bond donors (Lipinski definition) is 0. The van der Waals surface area contributed by atoms with E-state index < -0.39 is 0 Å². The van der Waals surface area contributed by atoms with E-state index in [1.165, 1.54) is 25.9 Å². The number of likely N-dealkylation sites (tertiary alicyclic amines) is 1. The molecule has 1 nitrogen and oxygen atoms in total. The Kier molecular flexibility index (Phi) is 4.10. The van der Waals surface area contributed by atoms with Crippen molar-refractivity contribution in [3.8, 4) is 0 Å². The molecule has 1 aliphatic heterocycles. The molecule has 0 amide bonds. The van der Waals surface area contributed by atoms with Crippen LogP contribution < -0.4 is 0 Å². The van der Waals surface area contributed by atoms with E-state index in [1.807, 2.05) is 0 Å². The molecule has 0 spiro atoms. The second-order valence-corrected chi connectivity index (χ2v) is 8.27. The maximum atomic E-state index is 2.52. The quantitative estimate of drug-likeness (QED) is 0.685. The highest BCUT2D eigenvalue weighted by atomic mass is 15.1. The molecular formula is C15H31N. The first-order chi connectivity index (χ1) is 7.07. The van der Waals surface area contributed by atoms with E-state index in [2.05, 4.69) is 53.5 Å². The van der Waals surface area contributed by atoms with Gasteiger partial charge in [0.15, 0.2) is 0 Å². The molecule has 1 aliphatic rings. The molecule has 0 aromatic carbocycles. The summed E-state index contributed by atoms with van der Waals surface area (Å²) in [6, 6.07) is 0. The average Bonchev–Trinajstić information content (AvgIpc) is 2.23. The molecule has 1 heteroatoms. The van der Waals surface area contributed by atoms with Gasteiger partial charge >= 0.3 is 0 Å². The van der Waals surface area contributed by atoms with Crippen LogP contribution in [0.4, 0.5) is 0 Å². The highest BCUT2D eigenvalue weighted by Crippen LogP contribution is 2.39. The van der Waals surface area contributed by atoms with Gasteiger partial charge in [-0.25, -0.2) is 0 Å². The Morgan fingerprint density at radius 1 is 0.812 bits per heavy atom. The second kappa shape index (κ2) is 4.68. The van der Waals surface area contributed by atoms with Crippen LogP contribution in [0.2, 0.25) is 0 Å². The van der Waals surface area contributed by atoms with Crippen LogP contribution in [0.1, 0.15) is 54.4 Å². The van der Waals surface area contributed by atoms with E-state index in [-0.39, 0.29) is 0 Å². The minimum absolute atomic E-state index is 0.478. The summed E-state index contributed by atoms with van der Waals surface area (Å²) in [4.78, 5) is 2.52. The summed E-state index contributed by atoms with van der Waals surface area (Å²) >= 11 is 0. The Balaban J connectivity index is 2.60. The zero-order valence-electron chi connectivity index (χ0n) is 12.4. The molecule has 1 rings (SSSR count). The van der Waals surface area contributed by atoms with Crippen molar-refractivity contribution in [2.75, 3.05) is 20.1 Å². The molecule has 0 radical (unpaired) electrons. The van der Waals surface area contributed by atoms with E-state index in [4.69, 9.17) is 0 Å². The van der Waals surface area contributed by atoms with Gasteiger partial charge in [0.25, 0.3) is 0 Å². The topological polar surface area (TPSA) is 3.24 Å². The van der Waals surface area contributed by atoms with Crippen molar-refractivity contribution in [3.63, 3.8) is 0 Å². The summed E-state index contributed by atoms with van der Waals surface area (Å²) in [6.45, 7) is 16.9. The first kappa shape index (κ1) is 14.0. The van der Waals surface area contributed by atoms with E-state index in [0.29, 0.717) is 10.8 Å². The lowest BCUT2D eigenvalue weighted by Crippen LogP contribution is -2.23. The number of nitrogens with zero attached hydrogens (tertiary/aromatic N) is 1. The molecule has 16 heavy (non-hydrogen) atoms. The lowest BCUT2D eigenvalue weighted by molar-refractivity contribution is 0.210. The Bertz CT molecular complexity index is 195. The van der Waals surface area contributed by atoms with Crippen LogP contribution in [0.25, 0.3) is 0 Å².